The Kier molecular flexibility index (Phi) is 5.14. The standard InChI is InChI=1S/C9H19N3OS/c1-8(11-9(14)10-2)7-12-3-5-13-6-4-12/h8H,3-7H2,1-2H3,(H2,10,11,14). The Balaban J connectivity index is 2.18. The maximum absolute atomic E-state index is 5.28. The van der Waals surface area contributed by atoms with Crippen LogP contribution in [0.15, 0.2) is 0 Å². The van der Waals surface area contributed by atoms with Gasteiger partial charge in [0.1, 0.15) is 0 Å². The number of rotatable bonds is 3. The van der Waals surface area contributed by atoms with Gasteiger partial charge in [-0.15, -0.1) is 0 Å². The van der Waals surface area contributed by atoms with E-state index in [0.29, 0.717) is 11.2 Å². The highest BCUT2D eigenvalue weighted by atomic mass is 32.1. The molecule has 4 nitrogen and oxygen atoms in total. The van der Waals surface area contributed by atoms with E-state index in [1.165, 1.54) is 0 Å². The van der Waals surface area contributed by atoms with Crippen molar-refractivity contribution in [3.63, 3.8) is 0 Å². The van der Waals surface area contributed by atoms with Gasteiger partial charge in [-0.05, 0) is 19.1 Å². The predicted molar refractivity (Wildman–Crippen MR) is 61.5 cm³/mol. The average molecular weight is 217 g/mol. The molecule has 14 heavy (non-hydrogen) atoms. The van der Waals surface area contributed by atoms with Crippen LogP contribution < -0.4 is 10.6 Å². The number of nitrogens with one attached hydrogen (secondary N) is 2. The van der Waals surface area contributed by atoms with Crippen LogP contribution in [0, 0.1) is 0 Å². The smallest absolute Gasteiger partial charge is 0.166 e. The van der Waals surface area contributed by atoms with Crippen LogP contribution in [0.2, 0.25) is 0 Å². The quantitative estimate of drug-likeness (QED) is 0.640. The fourth-order valence-electron chi connectivity index (χ4n) is 1.51. The molecule has 0 amide bonds. The molecule has 0 aromatic carbocycles. The molecule has 1 unspecified atom stereocenters. The number of ether oxygens (including phenoxy) is 1. The topological polar surface area (TPSA) is 36.5 Å². The molecular formula is C9H19N3OS. The van der Waals surface area contributed by atoms with Crippen molar-refractivity contribution in [1.82, 2.24) is 15.5 Å². The second kappa shape index (κ2) is 6.16. The maximum Gasteiger partial charge on any atom is 0.166 e. The molecule has 1 saturated heterocycles. The molecule has 0 spiro atoms. The number of thiocarbonyl (C=S) groups is 1. The van der Waals surface area contributed by atoms with Crippen LogP contribution in [0.4, 0.5) is 0 Å². The van der Waals surface area contributed by atoms with Gasteiger partial charge in [-0.3, -0.25) is 4.90 Å². The third-order valence-electron chi connectivity index (χ3n) is 2.24. The molecule has 1 aliphatic heterocycles. The van der Waals surface area contributed by atoms with Crippen molar-refractivity contribution in [1.29, 1.82) is 0 Å². The fraction of sp³-hybridized carbons (Fsp3) is 0.889. The summed E-state index contributed by atoms with van der Waals surface area (Å²) in [4.78, 5) is 2.39. The first kappa shape index (κ1) is 11.7. The van der Waals surface area contributed by atoms with E-state index in [1.54, 1.807) is 0 Å². The molecule has 0 aliphatic carbocycles. The first-order chi connectivity index (χ1) is 6.72. The third-order valence-corrected chi connectivity index (χ3v) is 2.56. The number of hydrogen-bond donors (Lipinski definition) is 2. The Hall–Kier alpha value is -0.390. The van der Waals surface area contributed by atoms with E-state index >= 15 is 0 Å². The molecule has 0 radical (unpaired) electrons. The highest BCUT2D eigenvalue weighted by molar-refractivity contribution is 7.80. The van der Waals surface area contributed by atoms with E-state index in [0.717, 1.165) is 32.8 Å². The highest BCUT2D eigenvalue weighted by Gasteiger charge is 2.13. The number of nitrogens with zero attached hydrogens (tertiary/aromatic N) is 1. The van der Waals surface area contributed by atoms with E-state index in [1.807, 2.05) is 7.05 Å². The van der Waals surface area contributed by atoms with Crippen LogP contribution in [0.5, 0.6) is 0 Å². The molecule has 0 saturated carbocycles. The summed E-state index contributed by atoms with van der Waals surface area (Å²) < 4.78 is 5.28. The van der Waals surface area contributed by atoms with Crippen LogP contribution in [0.25, 0.3) is 0 Å². The van der Waals surface area contributed by atoms with Gasteiger partial charge in [0.25, 0.3) is 0 Å². The zero-order valence-corrected chi connectivity index (χ0v) is 9.69. The summed E-state index contributed by atoms with van der Waals surface area (Å²) in [5.74, 6) is 0. The van der Waals surface area contributed by atoms with Crippen LogP contribution >= 0.6 is 12.2 Å². The lowest BCUT2D eigenvalue weighted by molar-refractivity contribution is 0.0352. The first-order valence-corrected chi connectivity index (χ1v) is 5.41. The Bertz CT molecular complexity index is 183. The monoisotopic (exact) mass is 217 g/mol. The summed E-state index contributed by atoms with van der Waals surface area (Å²) in [5, 5.41) is 6.84. The summed E-state index contributed by atoms with van der Waals surface area (Å²) in [6.07, 6.45) is 0. The van der Waals surface area contributed by atoms with Gasteiger partial charge >= 0.3 is 0 Å². The lowest BCUT2D eigenvalue weighted by atomic mass is 10.3. The van der Waals surface area contributed by atoms with Crippen molar-refractivity contribution >= 4 is 17.3 Å². The van der Waals surface area contributed by atoms with Gasteiger partial charge in [-0.1, -0.05) is 0 Å². The van der Waals surface area contributed by atoms with Crippen molar-refractivity contribution in [2.24, 2.45) is 0 Å². The summed E-state index contributed by atoms with van der Waals surface area (Å²) in [7, 11) is 1.83. The van der Waals surface area contributed by atoms with E-state index in [-0.39, 0.29) is 0 Å². The van der Waals surface area contributed by atoms with Gasteiger partial charge in [-0.25, -0.2) is 0 Å². The van der Waals surface area contributed by atoms with Gasteiger partial charge in [0.05, 0.1) is 13.2 Å². The minimum atomic E-state index is 0.382. The molecule has 1 fully saturated rings. The van der Waals surface area contributed by atoms with E-state index in [9.17, 15) is 0 Å². The molecule has 5 heteroatoms. The van der Waals surface area contributed by atoms with Gasteiger partial charge < -0.3 is 15.4 Å². The molecule has 1 atom stereocenters. The van der Waals surface area contributed by atoms with Crippen molar-refractivity contribution < 1.29 is 4.74 Å². The minimum Gasteiger partial charge on any atom is -0.379 e. The van der Waals surface area contributed by atoms with Crippen molar-refractivity contribution in [2.75, 3.05) is 39.9 Å². The molecule has 0 bridgehead atoms. The lowest BCUT2D eigenvalue weighted by Crippen LogP contribution is -2.47. The fourth-order valence-corrected chi connectivity index (χ4v) is 1.71. The summed E-state index contributed by atoms with van der Waals surface area (Å²) in [6.45, 7) is 6.91. The van der Waals surface area contributed by atoms with E-state index in [2.05, 4.69) is 22.5 Å². The first-order valence-electron chi connectivity index (χ1n) is 5.00. The normalized spacial score (nSPS) is 20.1. The van der Waals surface area contributed by atoms with E-state index in [4.69, 9.17) is 17.0 Å². The molecule has 1 rings (SSSR count). The zero-order valence-electron chi connectivity index (χ0n) is 8.88. The van der Waals surface area contributed by atoms with Gasteiger partial charge in [0.15, 0.2) is 5.11 Å². The molecule has 1 aliphatic rings. The third kappa shape index (κ3) is 4.21. The van der Waals surface area contributed by atoms with Crippen molar-refractivity contribution in [2.45, 2.75) is 13.0 Å². The molecular weight excluding hydrogens is 198 g/mol. The van der Waals surface area contributed by atoms with Gasteiger partial charge in [-0.2, -0.15) is 0 Å². The van der Waals surface area contributed by atoms with Gasteiger partial charge in [0, 0.05) is 32.7 Å². The minimum absolute atomic E-state index is 0.382. The average Bonchev–Trinajstić information content (AvgIpc) is 2.19. The Morgan fingerprint density at radius 2 is 2.14 bits per heavy atom. The maximum atomic E-state index is 5.28. The zero-order chi connectivity index (χ0) is 10.4. The molecule has 0 aromatic rings. The molecule has 1 heterocycles. The lowest BCUT2D eigenvalue weighted by Gasteiger charge is -2.29. The Morgan fingerprint density at radius 1 is 1.50 bits per heavy atom. The Morgan fingerprint density at radius 3 is 2.71 bits per heavy atom. The van der Waals surface area contributed by atoms with E-state index < -0.39 is 0 Å². The van der Waals surface area contributed by atoms with Crippen molar-refractivity contribution in [3.8, 4) is 0 Å². The van der Waals surface area contributed by atoms with Crippen LogP contribution in [-0.4, -0.2) is 55.9 Å². The van der Waals surface area contributed by atoms with Crippen LogP contribution in [0.1, 0.15) is 6.92 Å². The van der Waals surface area contributed by atoms with Crippen LogP contribution in [-0.2, 0) is 4.74 Å². The molecule has 2 N–H and O–H groups in total. The Labute approximate surface area is 91.0 Å². The van der Waals surface area contributed by atoms with Crippen molar-refractivity contribution in [3.05, 3.63) is 0 Å². The molecule has 82 valence electrons. The van der Waals surface area contributed by atoms with Gasteiger partial charge in [0.2, 0.25) is 0 Å². The second-order valence-corrected chi connectivity index (χ2v) is 3.95. The summed E-state index contributed by atoms with van der Waals surface area (Å²) in [5.41, 5.74) is 0. The number of hydrogen-bond acceptors (Lipinski definition) is 3. The SMILES string of the molecule is CNC(=S)NC(C)CN1CCOCC1. The second-order valence-electron chi connectivity index (χ2n) is 3.54. The summed E-state index contributed by atoms with van der Waals surface area (Å²) >= 11 is 5.03. The summed E-state index contributed by atoms with van der Waals surface area (Å²) in [6, 6.07) is 0.382. The highest BCUT2D eigenvalue weighted by Crippen LogP contribution is 1.98. The largest absolute Gasteiger partial charge is 0.379 e. The van der Waals surface area contributed by atoms with Crippen LogP contribution in [0.3, 0.4) is 0 Å². The molecule has 0 aromatic heterocycles. The number of morpholine rings is 1. The predicted octanol–water partition coefficient (Wildman–Crippen LogP) is -0.199.